The van der Waals surface area contributed by atoms with E-state index in [0.717, 1.165) is 17.8 Å². The Labute approximate surface area is 182 Å². The van der Waals surface area contributed by atoms with Crippen LogP contribution in [-0.2, 0) is 4.74 Å². The summed E-state index contributed by atoms with van der Waals surface area (Å²) in [5.74, 6) is -1.33. The van der Waals surface area contributed by atoms with E-state index in [1.54, 1.807) is 6.92 Å². The van der Waals surface area contributed by atoms with Crippen molar-refractivity contribution < 1.29 is 19.4 Å². The topological polar surface area (TPSA) is 108 Å². The van der Waals surface area contributed by atoms with E-state index in [0.29, 0.717) is 42.0 Å². The average Bonchev–Trinajstić information content (AvgIpc) is 3.29. The number of hydrogen-bond donors (Lipinski definition) is 3. The van der Waals surface area contributed by atoms with Crippen LogP contribution in [0.15, 0.2) is 6.20 Å². The minimum Gasteiger partial charge on any atom is -0.477 e. The van der Waals surface area contributed by atoms with E-state index >= 15 is 0 Å². The Balaban J connectivity index is 1.72. The maximum Gasteiger partial charge on any atom is 0.347 e. The third kappa shape index (κ3) is 4.85. The van der Waals surface area contributed by atoms with Crippen molar-refractivity contribution in [2.24, 2.45) is 0 Å². The molecule has 0 saturated carbocycles. The van der Waals surface area contributed by atoms with Crippen molar-refractivity contribution >= 4 is 51.5 Å². The predicted molar refractivity (Wildman–Crippen MR) is 113 cm³/mol. The first kappa shape index (κ1) is 21.9. The molecule has 1 saturated heterocycles. The molecule has 0 radical (unpaired) electrons. The van der Waals surface area contributed by atoms with Crippen LogP contribution in [0.3, 0.4) is 0 Å². The number of piperidine rings is 1. The largest absolute Gasteiger partial charge is 0.477 e. The molecule has 158 valence electrons. The van der Waals surface area contributed by atoms with E-state index in [9.17, 15) is 9.59 Å². The van der Waals surface area contributed by atoms with Gasteiger partial charge >= 0.3 is 5.97 Å². The molecule has 2 aromatic heterocycles. The molecule has 8 nitrogen and oxygen atoms in total. The van der Waals surface area contributed by atoms with Gasteiger partial charge in [0.15, 0.2) is 5.13 Å². The summed E-state index contributed by atoms with van der Waals surface area (Å²) in [6, 6.07) is -0.220. The highest BCUT2D eigenvalue weighted by Gasteiger charge is 2.33. The molecule has 0 bridgehead atoms. The monoisotopic (exact) mass is 460 g/mol. The van der Waals surface area contributed by atoms with Gasteiger partial charge in [-0.05, 0) is 19.8 Å². The van der Waals surface area contributed by atoms with Crippen LogP contribution in [0, 0.1) is 6.92 Å². The highest BCUT2D eigenvalue weighted by atomic mass is 35.5. The summed E-state index contributed by atoms with van der Waals surface area (Å²) in [5, 5.41) is 13.3. The Bertz CT molecular complexity index is 901. The number of carboxylic acids is 1. The van der Waals surface area contributed by atoms with Crippen molar-refractivity contribution in [3.8, 4) is 0 Å². The summed E-state index contributed by atoms with van der Waals surface area (Å²) in [7, 11) is 0. The van der Waals surface area contributed by atoms with E-state index in [4.69, 9.17) is 33.0 Å². The van der Waals surface area contributed by atoms with Crippen LogP contribution in [0.25, 0.3) is 0 Å². The molecular weight excluding hydrogens is 439 g/mol. The summed E-state index contributed by atoms with van der Waals surface area (Å²) in [6.45, 7) is 5.42. The number of carbonyl (C=O) groups is 2. The van der Waals surface area contributed by atoms with Gasteiger partial charge < -0.3 is 25.0 Å². The van der Waals surface area contributed by atoms with Crippen molar-refractivity contribution in [2.75, 3.05) is 24.6 Å². The number of aryl methyl sites for hydroxylation is 1. The fraction of sp³-hybridized carbons (Fsp3) is 0.500. The van der Waals surface area contributed by atoms with E-state index in [-0.39, 0.29) is 33.6 Å². The standard InChI is InChI=1S/C18H22Cl2N4O4S/c1-3-6-28-11-8-24(18-21-7-12(29-18)17(26)27)5-4-10(11)23-16(25)15-14(20)13(19)9(2)22-15/h7,10-11,22H,3-6,8H2,1-2H3,(H,23,25)(H,26,27). The van der Waals surface area contributed by atoms with Gasteiger partial charge in [0.25, 0.3) is 5.91 Å². The molecule has 11 heteroatoms. The van der Waals surface area contributed by atoms with Crippen LogP contribution in [-0.4, -0.2) is 58.8 Å². The van der Waals surface area contributed by atoms with Crippen LogP contribution in [0.4, 0.5) is 5.13 Å². The van der Waals surface area contributed by atoms with Crippen LogP contribution in [0.2, 0.25) is 10.0 Å². The average molecular weight is 461 g/mol. The molecule has 0 aliphatic carbocycles. The molecular formula is C18H22Cl2N4O4S. The first-order chi connectivity index (χ1) is 13.8. The second-order valence-electron chi connectivity index (χ2n) is 6.79. The molecule has 1 fully saturated rings. The highest BCUT2D eigenvalue weighted by Crippen LogP contribution is 2.30. The Kier molecular flexibility index (Phi) is 7.05. The Hall–Kier alpha value is -1.81. The number of ether oxygens (including phenoxy) is 1. The lowest BCUT2D eigenvalue weighted by Gasteiger charge is -2.38. The van der Waals surface area contributed by atoms with Gasteiger partial charge in [0.2, 0.25) is 0 Å². The number of aromatic carboxylic acids is 1. The fourth-order valence-corrected chi connectivity index (χ4v) is 4.38. The molecule has 29 heavy (non-hydrogen) atoms. The van der Waals surface area contributed by atoms with E-state index in [1.807, 2.05) is 11.8 Å². The van der Waals surface area contributed by atoms with Gasteiger partial charge in [0.1, 0.15) is 10.6 Å². The normalized spacial score (nSPS) is 19.4. The number of H-pyrrole nitrogens is 1. The molecule has 1 aliphatic rings. The number of anilines is 1. The third-order valence-corrected chi connectivity index (χ3v) is 6.66. The molecule has 2 atom stereocenters. The zero-order valence-corrected chi connectivity index (χ0v) is 18.3. The van der Waals surface area contributed by atoms with Gasteiger partial charge in [0.05, 0.1) is 28.4 Å². The molecule has 0 spiro atoms. The molecule has 0 aromatic carbocycles. The molecule has 3 N–H and O–H groups in total. The van der Waals surface area contributed by atoms with Crippen LogP contribution in [0.1, 0.15) is 45.6 Å². The maximum absolute atomic E-state index is 12.7. The number of nitrogens with zero attached hydrogens (tertiary/aromatic N) is 2. The van der Waals surface area contributed by atoms with Gasteiger partial charge in [-0.25, -0.2) is 9.78 Å². The van der Waals surface area contributed by atoms with Crippen molar-refractivity contribution in [3.63, 3.8) is 0 Å². The molecule has 2 aromatic rings. The van der Waals surface area contributed by atoms with E-state index < -0.39 is 5.97 Å². The lowest BCUT2D eigenvalue weighted by atomic mass is 10.0. The number of carbonyl (C=O) groups excluding carboxylic acids is 1. The van der Waals surface area contributed by atoms with Crippen LogP contribution < -0.4 is 10.2 Å². The number of halogens is 2. The summed E-state index contributed by atoms with van der Waals surface area (Å²) in [6.07, 6.45) is 2.55. The molecule has 2 unspecified atom stereocenters. The molecule has 1 aliphatic heterocycles. The number of aromatic amines is 1. The van der Waals surface area contributed by atoms with Crippen molar-refractivity contribution in [1.82, 2.24) is 15.3 Å². The fourth-order valence-electron chi connectivity index (χ4n) is 3.17. The lowest BCUT2D eigenvalue weighted by molar-refractivity contribution is 0.0205. The summed E-state index contributed by atoms with van der Waals surface area (Å²) >= 11 is 13.4. The minimum atomic E-state index is -0.994. The smallest absolute Gasteiger partial charge is 0.347 e. The van der Waals surface area contributed by atoms with Gasteiger partial charge in [0, 0.05) is 25.4 Å². The number of thiazole rings is 1. The summed E-state index contributed by atoms with van der Waals surface area (Å²) < 4.78 is 5.98. The third-order valence-electron chi connectivity index (χ3n) is 4.67. The second kappa shape index (κ2) is 9.34. The van der Waals surface area contributed by atoms with E-state index in [2.05, 4.69) is 15.3 Å². The number of nitrogens with one attached hydrogen (secondary N) is 2. The van der Waals surface area contributed by atoms with Gasteiger partial charge in [-0.1, -0.05) is 41.5 Å². The zero-order valence-electron chi connectivity index (χ0n) is 16.0. The summed E-state index contributed by atoms with van der Waals surface area (Å²) in [5.41, 5.74) is 0.866. The highest BCUT2D eigenvalue weighted by molar-refractivity contribution is 7.17. The van der Waals surface area contributed by atoms with E-state index in [1.165, 1.54) is 6.20 Å². The number of aromatic nitrogens is 2. The Morgan fingerprint density at radius 2 is 2.21 bits per heavy atom. The molecule has 3 heterocycles. The van der Waals surface area contributed by atoms with Crippen molar-refractivity contribution in [3.05, 3.63) is 32.5 Å². The molecule has 3 rings (SSSR count). The first-order valence-electron chi connectivity index (χ1n) is 9.21. The maximum atomic E-state index is 12.7. The number of rotatable bonds is 7. The first-order valence-corrected chi connectivity index (χ1v) is 10.8. The lowest BCUT2D eigenvalue weighted by Crippen LogP contribution is -2.55. The number of amides is 1. The zero-order chi connectivity index (χ0) is 21.1. The summed E-state index contributed by atoms with van der Waals surface area (Å²) in [4.78, 5) is 33.2. The quantitative estimate of drug-likeness (QED) is 0.582. The van der Waals surface area contributed by atoms with Gasteiger partial charge in [-0.15, -0.1) is 0 Å². The van der Waals surface area contributed by atoms with Crippen LogP contribution >= 0.6 is 34.5 Å². The number of hydrogen-bond acceptors (Lipinski definition) is 6. The number of carboxylic acid groups (broad SMARTS) is 1. The predicted octanol–water partition coefficient (Wildman–Crippen LogP) is 3.59. The van der Waals surface area contributed by atoms with Gasteiger partial charge in [-0.2, -0.15) is 0 Å². The van der Waals surface area contributed by atoms with Crippen LogP contribution in [0.5, 0.6) is 0 Å². The second-order valence-corrected chi connectivity index (χ2v) is 8.55. The van der Waals surface area contributed by atoms with Crippen molar-refractivity contribution in [2.45, 2.75) is 38.8 Å². The molecule has 1 amide bonds. The minimum absolute atomic E-state index is 0.190. The van der Waals surface area contributed by atoms with Gasteiger partial charge in [-0.3, -0.25) is 4.79 Å². The van der Waals surface area contributed by atoms with Crippen molar-refractivity contribution in [1.29, 1.82) is 0 Å². The SMILES string of the molecule is CCCOC1CN(c2ncc(C(=O)O)s2)CCC1NC(=O)c1[nH]c(C)c(Cl)c1Cl. The Morgan fingerprint density at radius 1 is 1.45 bits per heavy atom. The Morgan fingerprint density at radius 3 is 2.79 bits per heavy atom.